The molecule has 0 aliphatic heterocycles. The van der Waals surface area contributed by atoms with Gasteiger partial charge in [-0.25, -0.2) is 0 Å². The maximum atomic E-state index is 5.81. The van der Waals surface area contributed by atoms with Crippen LogP contribution in [-0.2, 0) is 11.3 Å². The lowest BCUT2D eigenvalue weighted by atomic mass is 10.2. The van der Waals surface area contributed by atoms with Crippen LogP contribution >= 0.6 is 0 Å². The monoisotopic (exact) mass is 267 g/mol. The Kier molecular flexibility index (Phi) is 8.02. The Hall–Kier alpha value is -1.26. The molecule has 0 unspecified atom stereocenters. The zero-order valence-corrected chi connectivity index (χ0v) is 12.2. The van der Waals surface area contributed by atoms with E-state index in [4.69, 9.17) is 14.2 Å². The minimum Gasteiger partial charge on any atom is -0.493 e. The fourth-order valence-corrected chi connectivity index (χ4v) is 1.73. The third-order valence-electron chi connectivity index (χ3n) is 2.67. The van der Waals surface area contributed by atoms with Crippen molar-refractivity contribution < 1.29 is 14.2 Å². The van der Waals surface area contributed by atoms with E-state index in [-0.39, 0.29) is 0 Å². The quantitative estimate of drug-likeness (QED) is 0.661. The number of rotatable bonds is 10. The molecular weight excluding hydrogens is 242 g/mol. The van der Waals surface area contributed by atoms with Crippen molar-refractivity contribution in [2.45, 2.75) is 26.8 Å². The van der Waals surface area contributed by atoms with Crippen LogP contribution in [0.3, 0.4) is 0 Å². The van der Waals surface area contributed by atoms with Crippen LogP contribution in [0.15, 0.2) is 18.2 Å². The number of methoxy groups -OCH3 is 1. The first kappa shape index (κ1) is 15.8. The smallest absolute Gasteiger partial charge is 0.165 e. The van der Waals surface area contributed by atoms with Crippen molar-refractivity contribution >= 4 is 0 Å². The second kappa shape index (κ2) is 9.64. The molecule has 1 aromatic carbocycles. The van der Waals surface area contributed by atoms with E-state index in [0.29, 0.717) is 13.2 Å². The highest BCUT2D eigenvalue weighted by Gasteiger charge is 2.09. The second-order valence-electron chi connectivity index (χ2n) is 4.19. The van der Waals surface area contributed by atoms with E-state index in [1.54, 1.807) is 7.11 Å². The number of hydrogen-bond acceptors (Lipinski definition) is 4. The molecule has 19 heavy (non-hydrogen) atoms. The van der Waals surface area contributed by atoms with E-state index in [2.05, 4.69) is 19.2 Å². The lowest BCUT2D eigenvalue weighted by Gasteiger charge is -2.15. The van der Waals surface area contributed by atoms with Crippen molar-refractivity contribution in [3.8, 4) is 11.5 Å². The van der Waals surface area contributed by atoms with Gasteiger partial charge in [0.1, 0.15) is 6.61 Å². The molecule has 108 valence electrons. The fraction of sp³-hybridized carbons (Fsp3) is 0.600. The highest BCUT2D eigenvalue weighted by Crippen LogP contribution is 2.30. The highest BCUT2D eigenvalue weighted by atomic mass is 16.5. The summed E-state index contributed by atoms with van der Waals surface area (Å²) in [6.45, 7) is 7.80. The largest absolute Gasteiger partial charge is 0.493 e. The van der Waals surface area contributed by atoms with E-state index in [1.807, 2.05) is 18.2 Å². The van der Waals surface area contributed by atoms with Crippen molar-refractivity contribution in [2.24, 2.45) is 0 Å². The SMILES string of the molecule is CCCOCCOc1c(CNCC)cccc1OC. The summed E-state index contributed by atoms with van der Waals surface area (Å²) in [5, 5.41) is 3.30. The standard InChI is InChI=1S/C15H25NO3/c1-4-9-18-10-11-19-15-13(12-16-5-2)7-6-8-14(15)17-3/h6-8,16H,4-5,9-12H2,1-3H3. The van der Waals surface area contributed by atoms with Crippen molar-refractivity contribution in [2.75, 3.05) is 33.5 Å². The summed E-state index contributed by atoms with van der Waals surface area (Å²) in [4.78, 5) is 0. The Morgan fingerprint density at radius 3 is 2.63 bits per heavy atom. The van der Waals surface area contributed by atoms with Gasteiger partial charge in [0.2, 0.25) is 0 Å². The maximum absolute atomic E-state index is 5.81. The summed E-state index contributed by atoms with van der Waals surface area (Å²) in [5.74, 6) is 1.58. The zero-order valence-electron chi connectivity index (χ0n) is 12.2. The topological polar surface area (TPSA) is 39.7 Å². The first-order valence-corrected chi connectivity index (χ1v) is 6.90. The Bertz CT molecular complexity index is 355. The molecule has 0 spiro atoms. The van der Waals surface area contributed by atoms with E-state index >= 15 is 0 Å². The molecule has 0 heterocycles. The normalized spacial score (nSPS) is 10.5. The van der Waals surface area contributed by atoms with Gasteiger partial charge in [0, 0.05) is 18.7 Å². The van der Waals surface area contributed by atoms with Gasteiger partial charge >= 0.3 is 0 Å². The Labute approximate surface area is 116 Å². The van der Waals surface area contributed by atoms with Crippen molar-refractivity contribution in [3.05, 3.63) is 23.8 Å². The Balaban J connectivity index is 2.60. The zero-order chi connectivity index (χ0) is 13.9. The summed E-state index contributed by atoms with van der Waals surface area (Å²) >= 11 is 0. The number of nitrogens with one attached hydrogen (secondary N) is 1. The molecule has 0 radical (unpaired) electrons. The minimum atomic E-state index is 0.541. The molecule has 4 heteroatoms. The van der Waals surface area contributed by atoms with Gasteiger partial charge in [0.05, 0.1) is 13.7 Å². The first-order chi connectivity index (χ1) is 9.33. The molecule has 0 bridgehead atoms. The van der Waals surface area contributed by atoms with Gasteiger partial charge in [-0.1, -0.05) is 26.0 Å². The van der Waals surface area contributed by atoms with Gasteiger partial charge in [-0.05, 0) is 19.0 Å². The lowest BCUT2D eigenvalue weighted by molar-refractivity contribution is 0.0991. The van der Waals surface area contributed by atoms with E-state index in [1.165, 1.54) is 0 Å². The molecule has 1 rings (SSSR count). The molecule has 1 aromatic rings. The molecule has 0 aromatic heterocycles. The summed E-state index contributed by atoms with van der Waals surface area (Å²) in [6, 6.07) is 5.94. The average molecular weight is 267 g/mol. The molecular formula is C15H25NO3. The minimum absolute atomic E-state index is 0.541. The average Bonchev–Trinajstić information content (AvgIpc) is 2.45. The predicted octanol–water partition coefficient (Wildman–Crippen LogP) is 2.61. The van der Waals surface area contributed by atoms with Crippen LogP contribution in [0.5, 0.6) is 11.5 Å². The van der Waals surface area contributed by atoms with Crippen LogP contribution in [-0.4, -0.2) is 33.5 Å². The van der Waals surface area contributed by atoms with Crippen LogP contribution in [0.2, 0.25) is 0 Å². The molecule has 1 N–H and O–H groups in total. The van der Waals surface area contributed by atoms with Gasteiger partial charge in [-0.2, -0.15) is 0 Å². The van der Waals surface area contributed by atoms with Crippen molar-refractivity contribution in [3.63, 3.8) is 0 Å². The molecule has 0 fully saturated rings. The Morgan fingerprint density at radius 2 is 1.95 bits per heavy atom. The van der Waals surface area contributed by atoms with Crippen LogP contribution in [0.4, 0.5) is 0 Å². The molecule has 4 nitrogen and oxygen atoms in total. The van der Waals surface area contributed by atoms with E-state index in [0.717, 1.165) is 43.2 Å². The first-order valence-electron chi connectivity index (χ1n) is 6.90. The predicted molar refractivity (Wildman–Crippen MR) is 77.0 cm³/mol. The van der Waals surface area contributed by atoms with Crippen LogP contribution in [0.1, 0.15) is 25.8 Å². The molecule has 0 aliphatic rings. The number of ether oxygens (including phenoxy) is 3. The lowest BCUT2D eigenvalue weighted by Crippen LogP contribution is -2.14. The van der Waals surface area contributed by atoms with E-state index in [9.17, 15) is 0 Å². The fourth-order valence-electron chi connectivity index (χ4n) is 1.73. The van der Waals surface area contributed by atoms with Crippen molar-refractivity contribution in [1.29, 1.82) is 0 Å². The summed E-state index contributed by atoms with van der Waals surface area (Å²) in [6.07, 6.45) is 1.03. The van der Waals surface area contributed by atoms with Crippen LogP contribution < -0.4 is 14.8 Å². The maximum Gasteiger partial charge on any atom is 0.165 e. The van der Waals surface area contributed by atoms with Gasteiger partial charge in [0.15, 0.2) is 11.5 Å². The molecule has 0 aliphatic carbocycles. The summed E-state index contributed by atoms with van der Waals surface area (Å²) in [5.41, 5.74) is 1.11. The van der Waals surface area contributed by atoms with Gasteiger partial charge < -0.3 is 19.5 Å². The highest BCUT2D eigenvalue weighted by molar-refractivity contribution is 5.46. The van der Waals surface area contributed by atoms with Gasteiger partial charge in [-0.15, -0.1) is 0 Å². The van der Waals surface area contributed by atoms with Gasteiger partial charge in [0.25, 0.3) is 0 Å². The van der Waals surface area contributed by atoms with Crippen molar-refractivity contribution in [1.82, 2.24) is 5.32 Å². The number of benzene rings is 1. The second-order valence-corrected chi connectivity index (χ2v) is 4.19. The van der Waals surface area contributed by atoms with Crippen LogP contribution in [0.25, 0.3) is 0 Å². The summed E-state index contributed by atoms with van der Waals surface area (Å²) in [7, 11) is 1.66. The van der Waals surface area contributed by atoms with Crippen LogP contribution in [0, 0.1) is 0 Å². The number of hydrogen-bond donors (Lipinski definition) is 1. The molecule has 0 saturated heterocycles. The number of para-hydroxylation sites is 1. The Morgan fingerprint density at radius 1 is 1.11 bits per heavy atom. The van der Waals surface area contributed by atoms with Gasteiger partial charge in [-0.3, -0.25) is 0 Å². The molecule has 0 saturated carbocycles. The summed E-state index contributed by atoms with van der Waals surface area (Å²) < 4.78 is 16.6. The third kappa shape index (κ3) is 5.49. The van der Waals surface area contributed by atoms with E-state index < -0.39 is 0 Å². The third-order valence-corrected chi connectivity index (χ3v) is 2.67. The molecule has 0 atom stereocenters. The molecule has 0 amide bonds.